The SMILES string of the molecule is Cc1ncn(-c2ccc([C@@H](C)O)c(Br)c2)c1C. The molecule has 2 rings (SSSR count). The van der Waals surface area contributed by atoms with Gasteiger partial charge in [0.25, 0.3) is 0 Å². The number of imidazole rings is 1. The van der Waals surface area contributed by atoms with Crippen LogP contribution in [0.25, 0.3) is 5.69 Å². The van der Waals surface area contributed by atoms with E-state index in [9.17, 15) is 5.11 Å². The Hall–Kier alpha value is -1.13. The van der Waals surface area contributed by atoms with E-state index >= 15 is 0 Å². The van der Waals surface area contributed by atoms with Crippen LogP contribution in [0.4, 0.5) is 0 Å². The molecule has 0 unspecified atom stereocenters. The van der Waals surface area contributed by atoms with Crippen molar-refractivity contribution >= 4 is 15.9 Å². The summed E-state index contributed by atoms with van der Waals surface area (Å²) in [6.45, 7) is 5.79. The van der Waals surface area contributed by atoms with Crippen molar-refractivity contribution in [3.05, 3.63) is 46.0 Å². The van der Waals surface area contributed by atoms with Crippen molar-refractivity contribution in [1.29, 1.82) is 0 Å². The topological polar surface area (TPSA) is 38.0 Å². The number of aryl methyl sites for hydroxylation is 1. The van der Waals surface area contributed by atoms with Gasteiger partial charge in [-0.3, -0.25) is 0 Å². The highest BCUT2D eigenvalue weighted by atomic mass is 79.9. The molecule has 1 N–H and O–H groups in total. The summed E-state index contributed by atoms with van der Waals surface area (Å²) in [5, 5.41) is 9.58. The highest BCUT2D eigenvalue weighted by molar-refractivity contribution is 9.10. The fourth-order valence-electron chi connectivity index (χ4n) is 1.76. The lowest BCUT2D eigenvalue weighted by Gasteiger charge is -2.11. The molecule has 0 saturated carbocycles. The van der Waals surface area contributed by atoms with Gasteiger partial charge in [-0.25, -0.2) is 4.98 Å². The average molecular weight is 295 g/mol. The summed E-state index contributed by atoms with van der Waals surface area (Å²) < 4.78 is 2.95. The number of rotatable bonds is 2. The van der Waals surface area contributed by atoms with E-state index in [4.69, 9.17) is 0 Å². The first-order chi connectivity index (χ1) is 8.00. The second-order valence-electron chi connectivity index (χ2n) is 4.17. The minimum absolute atomic E-state index is 0.468. The van der Waals surface area contributed by atoms with Crippen molar-refractivity contribution in [1.82, 2.24) is 9.55 Å². The molecule has 1 aromatic carbocycles. The molecule has 1 atom stereocenters. The zero-order valence-corrected chi connectivity index (χ0v) is 11.7. The molecule has 0 saturated heterocycles. The van der Waals surface area contributed by atoms with Crippen molar-refractivity contribution in [3.63, 3.8) is 0 Å². The van der Waals surface area contributed by atoms with E-state index in [0.29, 0.717) is 0 Å². The number of benzene rings is 1. The molecule has 2 aromatic rings. The Morgan fingerprint density at radius 1 is 1.35 bits per heavy atom. The lowest BCUT2D eigenvalue weighted by atomic mass is 10.1. The molecule has 0 amide bonds. The summed E-state index contributed by atoms with van der Waals surface area (Å²) in [4.78, 5) is 4.28. The van der Waals surface area contributed by atoms with Crippen molar-refractivity contribution < 1.29 is 5.11 Å². The molecule has 0 bridgehead atoms. The van der Waals surface area contributed by atoms with E-state index in [0.717, 1.165) is 27.1 Å². The van der Waals surface area contributed by atoms with Crippen molar-refractivity contribution in [3.8, 4) is 5.69 Å². The number of aromatic nitrogens is 2. The van der Waals surface area contributed by atoms with Crippen molar-refractivity contribution in [2.75, 3.05) is 0 Å². The zero-order valence-electron chi connectivity index (χ0n) is 10.1. The maximum atomic E-state index is 9.58. The van der Waals surface area contributed by atoms with Crippen LogP contribution in [-0.2, 0) is 0 Å². The van der Waals surface area contributed by atoms with E-state index < -0.39 is 6.10 Å². The molecular formula is C13H15BrN2O. The van der Waals surface area contributed by atoms with Crippen LogP contribution >= 0.6 is 15.9 Å². The maximum absolute atomic E-state index is 9.58. The first-order valence-electron chi connectivity index (χ1n) is 5.49. The molecule has 0 aliphatic heterocycles. The predicted octanol–water partition coefficient (Wildman–Crippen LogP) is 3.30. The standard InChI is InChI=1S/C13H15BrN2O/c1-8-9(2)16(7-15-8)11-4-5-12(10(3)17)13(14)6-11/h4-7,10,17H,1-3H3/t10-/m1/s1. The van der Waals surface area contributed by atoms with E-state index in [1.54, 1.807) is 6.92 Å². The zero-order chi connectivity index (χ0) is 12.6. The molecule has 1 heterocycles. The fraction of sp³-hybridized carbons (Fsp3) is 0.308. The minimum atomic E-state index is -0.468. The average Bonchev–Trinajstić information content (AvgIpc) is 2.59. The quantitative estimate of drug-likeness (QED) is 0.923. The molecule has 0 aliphatic carbocycles. The van der Waals surface area contributed by atoms with Crippen LogP contribution in [0.15, 0.2) is 29.0 Å². The van der Waals surface area contributed by atoms with Crippen LogP contribution in [0.3, 0.4) is 0 Å². The third kappa shape index (κ3) is 2.28. The van der Waals surface area contributed by atoms with Gasteiger partial charge in [-0.05, 0) is 38.5 Å². The first kappa shape index (κ1) is 12.3. The lowest BCUT2D eigenvalue weighted by molar-refractivity contribution is 0.198. The Kier molecular flexibility index (Phi) is 3.35. The molecule has 17 heavy (non-hydrogen) atoms. The molecule has 0 fully saturated rings. The second kappa shape index (κ2) is 4.63. The number of nitrogens with zero attached hydrogens (tertiary/aromatic N) is 2. The molecule has 0 spiro atoms. The van der Waals surface area contributed by atoms with Gasteiger partial charge in [-0.2, -0.15) is 0 Å². The normalized spacial score (nSPS) is 12.8. The minimum Gasteiger partial charge on any atom is -0.389 e. The fourth-order valence-corrected chi connectivity index (χ4v) is 2.46. The van der Waals surface area contributed by atoms with E-state index in [1.165, 1.54) is 0 Å². The van der Waals surface area contributed by atoms with E-state index in [2.05, 4.69) is 20.9 Å². The molecular weight excluding hydrogens is 280 g/mol. The largest absolute Gasteiger partial charge is 0.389 e. The Labute approximate surface area is 109 Å². The van der Waals surface area contributed by atoms with Crippen LogP contribution in [-0.4, -0.2) is 14.7 Å². The third-order valence-corrected chi connectivity index (χ3v) is 3.65. The third-order valence-electron chi connectivity index (χ3n) is 2.96. The van der Waals surface area contributed by atoms with Crippen molar-refractivity contribution in [2.24, 2.45) is 0 Å². The van der Waals surface area contributed by atoms with Crippen LogP contribution < -0.4 is 0 Å². The summed E-state index contributed by atoms with van der Waals surface area (Å²) in [5.41, 5.74) is 4.09. The highest BCUT2D eigenvalue weighted by Gasteiger charge is 2.09. The van der Waals surface area contributed by atoms with Gasteiger partial charge in [-0.15, -0.1) is 0 Å². The Bertz CT molecular complexity index is 546. The van der Waals surface area contributed by atoms with Gasteiger partial charge in [0.05, 0.1) is 18.1 Å². The molecule has 0 aliphatic rings. The summed E-state index contributed by atoms with van der Waals surface area (Å²) in [6, 6.07) is 5.91. The van der Waals surface area contributed by atoms with Crippen LogP contribution in [0.2, 0.25) is 0 Å². The Morgan fingerprint density at radius 2 is 2.06 bits per heavy atom. The van der Waals surface area contributed by atoms with Gasteiger partial charge in [0.1, 0.15) is 0 Å². The summed E-state index contributed by atoms with van der Waals surface area (Å²) in [7, 11) is 0. The number of aliphatic hydroxyl groups is 1. The van der Waals surface area contributed by atoms with Crippen LogP contribution in [0, 0.1) is 13.8 Å². The predicted molar refractivity (Wildman–Crippen MR) is 71.4 cm³/mol. The first-order valence-corrected chi connectivity index (χ1v) is 6.28. The number of hydrogen-bond donors (Lipinski definition) is 1. The van der Waals surface area contributed by atoms with Gasteiger partial charge >= 0.3 is 0 Å². The van der Waals surface area contributed by atoms with Crippen LogP contribution in [0.1, 0.15) is 30.0 Å². The lowest BCUT2D eigenvalue weighted by Crippen LogP contribution is -1.98. The summed E-state index contributed by atoms with van der Waals surface area (Å²) in [5.74, 6) is 0. The summed E-state index contributed by atoms with van der Waals surface area (Å²) in [6.07, 6.45) is 1.35. The van der Waals surface area contributed by atoms with Gasteiger partial charge < -0.3 is 9.67 Å². The smallest absolute Gasteiger partial charge is 0.0997 e. The van der Waals surface area contributed by atoms with E-state index in [-0.39, 0.29) is 0 Å². The number of hydrogen-bond acceptors (Lipinski definition) is 2. The summed E-state index contributed by atoms with van der Waals surface area (Å²) >= 11 is 3.48. The van der Waals surface area contributed by atoms with Crippen LogP contribution in [0.5, 0.6) is 0 Å². The Morgan fingerprint density at radius 3 is 2.53 bits per heavy atom. The van der Waals surface area contributed by atoms with E-state index in [1.807, 2.05) is 42.9 Å². The van der Waals surface area contributed by atoms with Gasteiger partial charge in [-0.1, -0.05) is 22.0 Å². The molecule has 90 valence electrons. The number of aliphatic hydroxyl groups excluding tert-OH is 1. The van der Waals surface area contributed by atoms with Gasteiger partial charge in [0.15, 0.2) is 0 Å². The maximum Gasteiger partial charge on any atom is 0.0997 e. The molecule has 3 nitrogen and oxygen atoms in total. The monoisotopic (exact) mass is 294 g/mol. The van der Waals surface area contributed by atoms with Gasteiger partial charge in [0, 0.05) is 15.9 Å². The number of halogens is 1. The molecule has 0 radical (unpaired) electrons. The highest BCUT2D eigenvalue weighted by Crippen LogP contribution is 2.26. The molecule has 1 aromatic heterocycles. The van der Waals surface area contributed by atoms with Crippen molar-refractivity contribution in [2.45, 2.75) is 26.9 Å². The van der Waals surface area contributed by atoms with Gasteiger partial charge in [0.2, 0.25) is 0 Å². The Balaban J connectivity index is 2.48. The molecule has 4 heteroatoms. The second-order valence-corrected chi connectivity index (χ2v) is 5.02.